The number of ether oxygens (including phenoxy) is 1. The normalized spacial score (nSPS) is 32.3. The van der Waals surface area contributed by atoms with Gasteiger partial charge in [-0.25, -0.2) is 0 Å². The Hall–Kier alpha value is -0.940. The molecule has 0 radical (unpaired) electrons. The van der Waals surface area contributed by atoms with Gasteiger partial charge in [-0.15, -0.1) is 0 Å². The van der Waals surface area contributed by atoms with Crippen LogP contribution in [0.1, 0.15) is 59.3 Å². The molecule has 34 heavy (non-hydrogen) atoms. The second-order valence-electron chi connectivity index (χ2n) is 10.3. The number of rotatable bonds is 12. The fraction of sp³-hybridized carbons (Fsp3) is 0.920. The van der Waals surface area contributed by atoms with Crippen LogP contribution in [0.2, 0.25) is 0 Å². The van der Waals surface area contributed by atoms with E-state index in [1.807, 2.05) is 6.92 Å². The summed E-state index contributed by atoms with van der Waals surface area (Å²) in [4.78, 5) is 4.92. The van der Waals surface area contributed by atoms with Crippen molar-refractivity contribution in [2.45, 2.75) is 102 Å². The number of piperidine rings is 1. The van der Waals surface area contributed by atoms with Crippen molar-refractivity contribution in [1.82, 2.24) is 36.4 Å². The van der Waals surface area contributed by atoms with Crippen molar-refractivity contribution in [3.05, 3.63) is 11.9 Å². The first-order valence-electron chi connectivity index (χ1n) is 13.7. The second-order valence-corrected chi connectivity index (χ2v) is 10.3. The van der Waals surface area contributed by atoms with Crippen molar-refractivity contribution in [3.63, 3.8) is 0 Å². The zero-order valence-electron chi connectivity index (χ0n) is 22.3. The van der Waals surface area contributed by atoms with Crippen LogP contribution in [-0.4, -0.2) is 99.4 Å². The van der Waals surface area contributed by atoms with Crippen LogP contribution >= 0.6 is 0 Å². The van der Waals surface area contributed by atoms with Crippen LogP contribution < -0.4 is 32.3 Å². The van der Waals surface area contributed by atoms with E-state index in [9.17, 15) is 0 Å². The average Bonchev–Trinajstić information content (AvgIpc) is 2.86. The molecule has 3 aliphatic heterocycles. The van der Waals surface area contributed by atoms with E-state index in [2.05, 4.69) is 70.4 Å². The highest BCUT2D eigenvalue weighted by atomic mass is 16.5. The van der Waals surface area contributed by atoms with Crippen LogP contribution in [0.5, 0.6) is 0 Å². The number of nitrogens with two attached hydrogens (primary N) is 1. The molecule has 0 spiro atoms. The van der Waals surface area contributed by atoms with Crippen LogP contribution in [0.25, 0.3) is 0 Å². The number of likely N-dealkylation sites (tertiary alicyclic amines) is 1. The molecule has 9 nitrogen and oxygen atoms in total. The second kappa shape index (κ2) is 14.0. The highest BCUT2D eigenvalue weighted by Gasteiger charge is 2.42. The van der Waals surface area contributed by atoms with Gasteiger partial charge >= 0.3 is 0 Å². The van der Waals surface area contributed by atoms with Gasteiger partial charge in [0, 0.05) is 37.3 Å². The lowest BCUT2D eigenvalue weighted by atomic mass is 9.93. The summed E-state index contributed by atoms with van der Waals surface area (Å²) in [5, 5.41) is 19.1. The van der Waals surface area contributed by atoms with Gasteiger partial charge in [-0.2, -0.15) is 0 Å². The van der Waals surface area contributed by atoms with Gasteiger partial charge in [0.15, 0.2) is 0 Å². The summed E-state index contributed by atoms with van der Waals surface area (Å²) in [5.74, 6) is 1.14. The van der Waals surface area contributed by atoms with Crippen molar-refractivity contribution in [2.75, 3.05) is 46.9 Å². The van der Waals surface area contributed by atoms with E-state index in [0.717, 1.165) is 51.3 Å². The molecule has 2 saturated heterocycles. The van der Waals surface area contributed by atoms with Crippen molar-refractivity contribution in [1.29, 1.82) is 0 Å². The van der Waals surface area contributed by atoms with Crippen LogP contribution in [0, 0.1) is 0 Å². The SMILES string of the molecule is CCOCCNC1C(NC2=CCCC(CC)N2)NC(N(C)C2CCN(C)CC2)NC1C(N)CC. The van der Waals surface area contributed by atoms with Crippen molar-refractivity contribution in [2.24, 2.45) is 5.73 Å². The smallest absolute Gasteiger partial charge is 0.116 e. The molecule has 6 atom stereocenters. The number of nitrogens with one attached hydrogen (secondary N) is 5. The van der Waals surface area contributed by atoms with Gasteiger partial charge in [-0.05, 0) is 78.7 Å². The lowest BCUT2D eigenvalue weighted by molar-refractivity contribution is 0.0161. The van der Waals surface area contributed by atoms with E-state index in [1.54, 1.807) is 0 Å². The van der Waals surface area contributed by atoms with Gasteiger partial charge in [-0.1, -0.05) is 13.8 Å². The van der Waals surface area contributed by atoms with Crippen molar-refractivity contribution >= 4 is 0 Å². The molecule has 3 aliphatic rings. The maximum Gasteiger partial charge on any atom is 0.116 e. The Labute approximate surface area is 208 Å². The average molecular weight is 481 g/mol. The molecule has 2 fully saturated rings. The lowest BCUT2D eigenvalue weighted by Crippen LogP contribution is -2.79. The molecule has 6 unspecified atom stereocenters. The minimum absolute atomic E-state index is 0.0403. The highest BCUT2D eigenvalue weighted by Crippen LogP contribution is 2.20. The Bertz CT molecular complexity index is 612. The minimum Gasteiger partial charge on any atom is -0.380 e. The molecular formula is C25H52N8O. The first kappa shape index (κ1) is 27.6. The van der Waals surface area contributed by atoms with Gasteiger partial charge in [0.1, 0.15) is 6.29 Å². The lowest BCUT2D eigenvalue weighted by Gasteiger charge is -2.51. The summed E-state index contributed by atoms with van der Waals surface area (Å²) < 4.78 is 5.62. The third kappa shape index (κ3) is 7.53. The third-order valence-electron chi connectivity index (χ3n) is 7.90. The van der Waals surface area contributed by atoms with E-state index < -0.39 is 0 Å². The Kier molecular flexibility index (Phi) is 11.4. The zero-order valence-corrected chi connectivity index (χ0v) is 22.3. The minimum atomic E-state index is 0.0403. The van der Waals surface area contributed by atoms with Crippen molar-refractivity contribution in [3.8, 4) is 0 Å². The van der Waals surface area contributed by atoms with E-state index in [1.165, 1.54) is 19.3 Å². The molecule has 9 heteroatoms. The van der Waals surface area contributed by atoms with Crippen LogP contribution in [0.15, 0.2) is 11.9 Å². The molecule has 198 valence electrons. The van der Waals surface area contributed by atoms with E-state index >= 15 is 0 Å². The Balaban J connectivity index is 1.77. The zero-order chi connectivity index (χ0) is 24.5. The predicted molar refractivity (Wildman–Crippen MR) is 140 cm³/mol. The van der Waals surface area contributed by atoms with E-state index in [4.69, 9.17) is 10.5 Å². The maximum atomic E-state index is 6.72. The molecular weight excluding hydrogens is 428 g/mol. The monoisotopic (exact) mass is 480 g/mol. The summed E-state index contributed by atoms with van der Waals surface area (Å²) >= 11 is 0. The standard InChI is InChI=1S/C25H52N8O/c1-6-18-10-9-11-21(28-18)29-24-23(27-14-17-34-8-3)22(20(26)7-2)30-25(31-24)33(5)19-12-15-32(4)16-13-19/h11,18-20,22-25,27-31H,6-10,12-17,26H2,1-5H3. The molecule has 0 aromatic heterocycles. The first-order chi connectivity index (χ1) is 16.5. The number of hydrogen-bond acceptors (Lipinski definition) is 9. The number of nitrogens with zero attached hydrogens (tertiary/aromatic N) is 2. The van der Waals surface area contributed by atoms with E-state index in [-0.39, 0.29) is 30.6 Å². The number of hydrogen-bond donors (Lipinski definition) is 6. The fourth-order valence-corrected chi connectivity index (χ4v) is 5.48. The quantitative estimate of drug-likeness (QED) is 0.223. The predicted octanol–water partition coefficient (Wildman–Crippen LogP) is 0.509. The van der Waals surface area contributed by atoms with Gasteiger partial charge in [0.25, 0.3) is 0 Å². The molecule has 0 aliphatic carbocycles. The summed E-state index contributed by atoms with van der Waals surface area (Å²) in [6.45, 7) is 11.0. The van der Waals surface area contributed by atoms with Crippen LogP contribution in [-0.2, 0) is 4.74 Å². The summed E-state index contributed by atoms with van der Waals surface area (Å²) in [5.41, 5.74) is 6.72. The molecule has 3 rings (SSSR count). The maximum absolute atomic E-state index is 6.72. The fourth-order valence-electron chi connectivity index (χ4n) is 5.48. The number of allylic oxidation sites excluding steroid dienone is 1. The molecule has 3 heterocycles. The molecule has 7 N–H and O–H groups in total. The third-order valence-corrected chi connectivity index (χ3v) is 7.90. The largest absolute Gasteiger partial charge is 0.380 e. The molecule has 0 bridgehead atoms. The molecule has 0 aromatic rings. The van der Waals surface area contributed by atoms with Crippen LogP contribution in [0.4, 0.5) is 0 Å². The van der Waals surface area contributed by atoms with E-state index in [0.29, 0.717) is 18.7 Å². The molecule has 0 aromatic carbocycles. The van der Waals surface area contributed by atoms with Gasteiger partial charge < -0.3 is 31.3 Å². The molecule has 0 saturated carbocycles. The Morgan fingerprint density at radius 1 is 1.21 bits per heavy atom. The van der Waals surface area contributed by atoms with Gasteiger partial charge in [0.2, 0.25) is 0 Å². The summed E-state index contributed by atoms with van der Waals surface area (Å²) in [7, 11) is 4.47. The Morgan fingerprint density at radius 3 is 2.65 bits per heavy atom. The molecule has 0 amide bonds. The first-order valence-corrected chi connectivity index (χ1v) is 13.7. The van der Waals surface area contributed by atoms with Crippen molar-refractivity contribution < 1.29 is 4.74 Å². The Morgan fingerprint density at radius 2 is 1.97 bits per heavy atom. The summed E-state index contributed by atoms with van der Waals surface area (Å²) in [6.07, 6.45) is 9.16. The highest BCUT2D eigenvalue weighted by molar-refractivity contribution is 5.09. The topological polar surface area (TPSA) is 102 Å². The van der Waals surface area contributed by atoms with Gasteiger partial charge in [-0.3, -0.25) is 15.5 Å². The summed E-state index contributed by atoms with van der Waals surface area (Å²) in [6, 6.07) is 1.41. The van der Waals surface area contributed by atoms with Gasteiger partial charge in [0.05, 0.1) is 24.6 Å². The van der Waals surface area contributed by atoms with Crippen LogP contribution in [0.3, 0.4) is 0 Å².